The lowest BCUT2D eigenvalue weighted by molar-refractivity contribution is 0.486. The first kappa shape index (κ1) is 8.53. The Kier molecular flexibility index (Phi) is 1.78. The third-order valence-corrected chi connectivity index (χ3v) is 3.00. The van der Waals surface area contributed by atoms with E-state index in [1.54, 1.807) is 0 Å². The lowest BCUT2D eigenvalue weighted by Crippen LogP contribution is -2.12. The van der Waals surface area contributed by atoms with Gasteiger partial charge < -0.3 is 5.32 Å². The van der Waals surface area contributed by atoms with E-state index in [2.05, 4.69) is 41.6 Å². The van der Waals surface area contributed by atoms with Gasteiger partial charge in [0.05, 0.1) is 18.3 Å². The predicted molar refractivity (Wildman–Crippen MR) is 59.7 cm³/mol. The Hall–Kier alpha value is -1.77. The number of hydrogen-bond acceptors (Lipinski definition) is 2. The van der Waals surface area contributed by atoms with Crippen molar-refractivity contribution in [1.29, 1.82) is 0 Å². The second-order valence-corrected chi connectivity index (χ2v) is 3.93. The van der Waals surface area contributed by atoms with Gasteiger partial charge in [-0.25, -0.2) is 4.68 Å². The Morgan fingerprint density at radius 1 is 1.20 bits per heavy atom. The number of aromatic nitrogens is 2. The van der Waals surface area contributed by atoms with Gasteiger partial charge in [-0.15, -0.1) is 0 Å². The molecule has 76 valence electrons. The van der Waals surface area contributed by atoms with Crippen LogP contribution in [0.5, 0.6) is 0 Å². The Morgan fingerprint density at radius 2 is 2.00 bits per heavy atom. The van der Waals surface area contributed by atoms with E-state index in [0.29, 0.717) is 12.1 Å². The van der Waals surface area contributed by atoms with Crippen molar-refractivity contribution in [3.63, 3.8) is 0 Å². The fourth-order valence-electron chi connectivity index (χ4n) is 2.20. The van der Waals surface area contributed by atoms with Crippen molar-refractivity contribution in [3.8, 4) is 0 Å². The molecule has 0 saturated heterocycles. The topological polar surface area (TPSA) is 29.9 Å². The molecular weight excluding hydrogens is 186 g/mol. The average molecular weight is 199 g/mol. The van der Waals surface area contributed by atoms with Crippen LogP contribution in [-0.2, 0) is 0 Å². The lowest BCUT2D eigenvalue weighted by atomic mass is 10.0. The number of nitrogens with one attached hydrogen (secondary N) is 1. The minimum Gasteiger partial charge on any atom is -0.361 e. The van der Waals surface area contributed by atoms with Gasteiger partial charge in [0, 0.05) is 6.07 Å². The highest BCUT2D eigenvalue weighted by Gasteiger charge is 2.29. The highest BCUT2D eigenvalue weighted by Crippen LogP contribution is 2.36. The van der Waals surface area contributed by atoms with Gasteiger partial charge in [0.2, 0.25) is 0 Å². The van der Waals surface area contributed by atoms with Crippen molar-refractivity contribution >= 4 is 5.82 Å². The number of benzene rings is 1. The summed E-state index contributed by atoms with van der Waals surface area (Å²) in [5.41, 5.74) is 1.32. The van der Waals surface area contributed by atoms with Crippen LogP contribution in [0.1, 0.15) is 24.6 Å². The van der Waals surface area contributed by atoms with Gasteiger partial charge in [0.1, 0.15) is 5.82 Å². The van der Waals surface area contributed by atoms with E-state index in [0.717, 1.165) is 5.82 Å². The normalized spacial score (nSPS) is 23.5. The fourth-order valence-corrected chi connectivity index (χ4v) is 2.20. The molecule has 0 spiro atoms. The van der Waals surface area contributed by atoms with Crippen LogP contribution < -0.4 is 5.32 Å². The van der Waals surface area contributed by atoms with E-state index in [9.17, 15) is 0 Å². The second kappa shape index (κ2) is 3.12. The molecule has 2 aromatic rings. The van der Waals surface area contributed by atoms with Crippen LogP contribution in [0.3, 0.4) is 0 Å². The Labute approximate surface area is 88.7 Å². The SMILES string of the molecule is CC1C(c2ccccc2)Nc2ccnn21. The minimum absolute atomic E-state index is 0.342. The summed E-state index contributed by atoms with van der Waals surface area (Å²) in [4.78, 5) is 0. The number of rotatable bonds is 1. The highest BCUT2D eigenvalue weighted by molar-refractivity contribution is 5.44. The molecule has 1 aromatic carbocycles. The van der Waals surface area contributed by atoms with E-state index >= 15 is 0 Å². The Morgan fingerprint density at radius 3 is 2.73 bits per heavy atom. The van der Waals surface area contributed by atoms with Crippen molar-refractivity contribution in [2.75, 3.05) is 5.32 Å². The number of hydrogen-bond donors (Lipinski definition) is 1. The number of nitrogens with zero attached hydrogens (tertiary/aromatic N) is 2. The molecule has 0 bridgehead atoms. The zero-order chi connectivity index (χ0) is 10.3. The number of fused-ring (bicyclic) bond motifs is 1. The molecule has 15 heavy (non-hydrogen) atoms. The van der Waals surface area contributed by atoms with E-state index in [-0.39, 0.29) is 0 Å². The summed E-state index contributed by atoms with van der Waals surface area (Å²) in [6.07, 6.45) is 1.83. The highest BCUT2D eigenvalue weighted by atomic mass is 15.4. The van der Waals surface area contributed by atoms with Gasteiger partial charge in [-0.3, -0.25) is 0 Å². The van der Waals surface area contributed by atoms with Crippen molar-refractivity contribution in [2.24, 2.45) is 0 Å². The molecular formula is C12H13N3. The smallest absolute Gasteiger partial charge is 0.125 e. The third-order valence-electron chi connectivity index (χ3n) is 3.00. The van der Waals surface area contributed by atoms with Gasteiger partial charge in [0.25, 0.3) is 0 Å². The van der Waals surface area contributed by atoms with Crippen molar-refractivity contribution in [1.82, 2.24) is 9.78 Å². The van der Waals surface area contributed by atoms with Gasteiger partial charge in [0.15, 0.2) is 0 Å². The van der Waals surface area contributed by atoms with Gasteiger partial charge in [-0.05, 0) is 12.5 Å². The van der Waals surface area contributed by atoms with Crippen LogP contribution >= 0.6 is 0 Å². The first-order chi connectivity index (χ1) is 7.36. The predicted octanol–water partition coefficient (Wildman–Crippen LogP) is 2.61. The zero-order valence-electron chi connectivity index (χ0n) is 8.59. The molecule has 3 heteroatoms. The van der Waals surface area contributed by atoms with Crippen LogP contribution in [0.15, 0.2) is 42.6 Å². The fraction of sp³-hybridized carbons (Fsp3) is 0.250. The third kappa shape index (κ3) is 1.23. The van der Waals surface area contributed by atoms with Gasteiger partial charge in [-0.1, -0.05) is 30.3 Å². The molecule has 0 radical (unpaired) electrons. The molecule has 0 fully saturated rings. The lowest BCUT2D eigenvalue weighted by Gasteiger charge is -2.16. The second-order valence-electron chi connectivity index (χ2n) is 3.93. The maximum Gasteiger partial charge on any atom is 0.125 e. The maximum absolute atomic E-state index is 4.31. The molecule has 2 heterocycles. The first-order valence-electron chi connectivity index (χ1n) is 5.21. The molecule has 1 aromatic heterocycles. The van der Waals surface area contributed by atoms with Gasteiger partial charge in [-0.2, -0.15) is 5.10 Å². The molecule has 1 aliphatic heterocycles. The van der Waals surface area contributed by atoms with Crippen molar-refractivity contribution in [2.45, 2.75) is 19.0 Å². The molecule has 2 atom stereocenters. The molecule has 0 amide bonds. The number of anilines is 1. The molecule has 0 aliphatic carbocycles. The van der Waals surface area contributed by atoms with E-state index in [1.807, 2.05) is 23.0 Å². The molecule has 1 aliphatic rings. The largest absolute Gasteiger partial charge is 0.361 e. The van der Waals surface area contributed by atoms with E-state index in [4.69, 9.17) is 0 Å². The Bertz CT molecular complexity index is 461. The molecule has 2 unspecified atom stereocenters. The summed E-state index contributed by atoms with van der Waals surface area (Å²) in [5.74, 6) is 1.11. The van der Waals surface area contributed by atoms with Crippen molar-refractivity contribution < 1.29 is 0 Å². The minimum atomic E-state index is 0.342. The van der Waals surface area contributed by atoms with Crippen LogP contribution in [-0.4, -0.2) is 9.78 Å². The molecule has 3 rings (SSSR count). The van der Waals surface area contributed by atoms with Crippen LogP contribution in [0, 0.1) is 0 Å². The summed E-state index contributed by atoms with van der Waals surface area (Å²) in [6.45, 7) is 2.19. The molecule has 0 saturated carbocycles. The quantitative estimate of drug-likeness (QED) is 0.765. The van der Waals surface area contributed by atoms with Crippen LogP contribution in [0.25, 0.3) is 0 Å². The van der Waals surface area contributed by atoms with E-state index < -0.39 is 0 Å². The van der Waals surface area contributed by atoms with E-state index in [1.165, 1.54) is 5.56 Å². The molecule has 3 nitrogen and oxygen atoms in total. The first-order valence-corrected chi connectivity index (χ1v) is 5.21. The average Bonchev–Trinajstić information content (AvgIpc) is 2.83. The summed E-state index contributed by atoms with van der Waals surface area (Å²) in [6, 6.07) is 13.2. The van der Waals surface area contributed by atoms with Crippen LogP contribution in [0.4, 0.5) is 5.82 Å². The Balaban J connectivity index is 1.96. The van der Waals surface area contributed by atoms with Crippen molar-refractivity contribution in [3.05, 3.63) is 48.2 Å². The van der Waals surface area contributed by atoms with Gasteiger partial charge >= 0.3 is 0 Å². The summed E-state index contributed by atoms with van der Waals surface area (Å²) in [7, 11) is 0. The van der Waals surface area contributed by atoms with Crippen LogP contribution in [0.2, 0.25) is 0 Å². The maximum atomic E-state index is 4.31. The zero-order valence-corrected chi connectivity index (χ0v) is 8.59. The molecule has 1 N–H and O–H groups in total. The summed E-state index contributed by atoms with van der Waals surface area (Å²) < 4.78 is 2.04. The standard InChI is InChI=1S/C12H13N3/c1-9-12(10-5-3-2-4-6-10)14-11-7-8-13-15(9)11/h2-9,12,14H,1H3. The summed E-state index contributed by atoms with van der Waals surface area (Å²) in [5, 5.41) is 7.79. The monoisotopic (exact) mass is 199 g/mol. The summed E-state index contributed by atoms with van der Waals surface area (Å²) >= 11 is 0.